The topological polar surface area (TPSA) is 72.2 Å². The number of rotatable bonds is 3. The second-order valence-corrected chi connectivity index (χ2v) is 5.99. The fourth-order valence-corrected chi connectivity index (χ4v) is 2.44. The first kappa shape index (κ1) is 14.9. The monoisotopic (exact) mass is 446 g/mol. The number of amides is 1. The molecular weight excluding hydrogens is 439 g/mol. The Balaban J connectivity index is 2.27. The molecule has 0 radical (unpaired) electrons. The lowest BCUT2D eigenvalue weighted by atomic mass is 10.2. The first-order valence-corrected chi connectivity index (χ1v) is 7.35. The summed E-state index contributed by atoms with van der Waals surface area (Å²) >= 11 is 5.37. The molecule has 0 bridgehead atoms. The van der Waals surface area contributed by atoms with Gasteiger partial charge in [-0.05, 0) is 62.8 Å². The van der Waals surface area contributed by atoms with E-state index in [4.69, 9.17) is 0 Å². The molecule has 1 amide bonds. The Kier molecular flexibility index (Phi) is 4.71. The van der Waals surface area contributed by atoms with Crippen molar-refractivity contribution in [3.63, 3.8) is 0 Å². The number of carbonyl (C=O) groups is 1. The van der Waals surface area contributed by atoms with Gasteiger partial charge in [-0.1, -0.05) is 6.07 Å². The van der Waals surface area contributed by atoms with Crippen LogP contribution in [0.15, 0.2) is 46.9 Å². The lowest BCUT2D eigenvalue weighted by Gasteiger charge is -2.07. The summed E-state index contributed by atoms with van der Waals surface area (Å²) in [4.78, 5) is 22.3. The van der Waals surface area contributed by atoms with E-state index in [1.54, 1.807) is 18.2 Å². The van der Waals surface area contributed by atoms with Crippen molar-refractivity contribution >= 4 is 55.8 Å². The van der Waals surface area contributed by atoms with Crippen LogP contribution in [-0.4, -0.2) is 10.8 Å². The van der Waals surface area contributed by atoms with Crippen molar-refractivity contribution in [2.45, 2.75) is 0 Å². The Morgan fingerprint density at radius 1 is 1.25 bits per heavy atom. The van der Waals surface area contributed by atoms with E-state index in [2.05, 4.69) is 43.8 Å². The van der Waals surface area contributed by atoms with Crippen LogP contribution in [0.4, 0.5) is 11.4 Å². The van der Waals surface area contributed by atoms with Gasteiger partial charge in [0.2, 0.25) is 0 Å². The Hall–Kier alpha value is -1.48. The summed E-state index contributed by atoms with van der Waals surface area (Å²) in [5.74, 6) is -0.315. The molecule has 5 nitrogen and oxygen atoms in total. The third-order valence-electron chi connectivity index (χ3n) is 2.50. The summed E-state index contributed by atoms with van der Waals surface area (Å²) in [6.07, 6.45) is 0. The van der Waals surface area contributed by atoms with Gasteiger partial charge in [0.1, 0.15) is 0 Å². The van der Waals surface area contributed by atoms with Gasteiger partial charge >= 0.3 is 0 Å². The molecule has 2 aromatic rings. The predicted octanol–water partition coefficient (Wildman–Crippen LogP) is 4.21. The minimum Gasteiger partial charge on any atom is -0.321 e. The number of halogens is 2. The maximum Gasteiger partial charge on any atom is 0.271 e. The predicted molar refractivity (Wildman–Crippen MR) is 87.9 cm³/mol. The van der Waals surface area contributed by atoms with Gasteiger partial charge < -0.3 is 5.32 Å². The summed E-state index contributed by atoms with van der Waals surface area (Å²) in [5.41, 5.74) is 0.782. The van der Waals surface area contributed by atoms with E-state index in [1.807, 2.05) is 6.07 Å². The summed E-state index contributed by atoms with van der Waals surface area (Å²) in [6, 6.07) is 11.3. The zero-order valence-electron chi connectivity index (χ0n) is 9.97. The molecule has 0 atom stereocenters. The van der Waals surface area contributed by atoms with Gasteiger partial charge in [-0.2, -0.15) is 0 Å². The lowest BCUT2D eigenvalue weighted by Crippen LogP contribution is -2.12. The summed E-state index contributed by atoms with van der Waals surface area (Å²) in [7, 11) is 0. The van der Waals surface area contributed by atoms with Gasteiger partial charge in [-0.25, -0.2) is 0 Å². The van der Waals surface area contributed by atoms with E-state index in [1.165, 1.54) is 18.2 Å². The minimum absolute atomic E-state index is 0.0776. The van der Waals surface area contributed by atoms with E-state index in [-0.39, 0.29) is 11.6 Å². The highest BCUT2D eigenvalue weighted by molar-refractivity contribution is 14.1. The molecule has 102 valence electrons. The Bertz CT molecular complexity index is 691. The molecular formula is C13H8BrIN2O3. The molecule has 20 heavy (non-hydrogen) atoms. The Morgan fingerprint density at radius 2 is 2.00 bits per heavy atom. The summed E-state index contributed by atoms with van der Waals surface area (Å²) < 4.78 is 1.52. The van der Waals surface area contributed by atoms with Crippen LogP contribution in [0.2, 0.25) is 0 Å². The van der Waals surface area contributed by atoms with Crippen molar-refractivity contribution in [1.29, 1.82) is 0 Å². The molecule has 7 heteroatoms. The van der Waals surface area contributed by atoms with Crippen molar-refractivity contribution in [3.8, 4) is 0 Å². The van der Waals surface area contributed by atoms with Crippen LogP contribution in [0.25, 0.3) is 0 Å². The number of hydrogen-bond donors (Lipinski definition) is 1. The third kappa shape index (κ3) is 3.54. The number of carbonyl (C=O) groups excluding carboxylic acids is 1. The number of benzene rings is 2. The molecule has 1 N–H and O–H groups in total. The van der Waals surface area contributed by atoms with Crippen molar-refractivity contribution in [2.24, 2.45) is 0 Å². The zero-order chi connectivity index (χ0) is 14.7. The number of non-ortho nitro benzene ring substituents is 1. The van der Waals surface area contributed by atoms with Crippen LogP contribution in [0.1, 0.15) is 10.4 Å². The Morgan fingerprint density at radius 3 is 2.65 bits per heavy atom. The largest absolute Gasteiger partial charge is 0.321 e. The molecule has 0 fully saturated rings. The van der Waals surface area contributed by atoms with E-state index in [0.717, 1.165) is 3.57 Å². The SMILES string of the molecule is O=C(Nc1cc([N+](=O)[O-])ccc1Br)c1cccc(I)c1. The van der Waals surface area contributed by atoms with Gasteiger partial charge in [0.05, 0.1) is 10.6 Å². The van der Waals surface area contributed by atoms with Crippen LogP contribution < -0.4 is 5.32 Å². The van der Waals surface area contributed by atoms with Crippen LogP contribution in [0, 0.1) is 13.7 Å². The number of hydrogen-bond acceptors (Lipinski definition) is 3. The standard InChI is InChI=1S/C13H8BrIN2O3/c14-11-5-4-10(17(19)20)7-12(11)16-13(18)8-2-1-3-9(15)6-8/h1-7H,(H,16,18). The molecule has 0 saturated carbocycles. The van der Waals surface area contributed by atoms with Crippen molar-refractivity contribution in [2.75, 3.05) is 5.32 Å². The number of nitrogens with one attached hydrogen (secondary N) is 1. The molecule has 0 aliphatic rings. The number of anilines is 1. The minimum atomic E-state index is -0.506. The molecule has 0 heterocycles. The van der Waals surface area contributed by atoms with Gasteiger partial charge in [0, 0.05) is 25.7 Å². The molecule has 0 aromatic heterocycles. The fourth-order valence-electron chi connectivity index (χ4n) is 1.55. The quantitative estimate of drug-likeness (QED) is 0.436. The van der Waals surface area contributed by atoms with Crippen molar-refractivity contribution in [1.82, 2.24) is 0 Å². The number of nitro benzene ring substituents is 1. The highest BCUT2D eigenvalue weighted by Gasteiger charge is 2.13. The lowest BCUT2D eigenvalue weighted by molar-refractivity contribution is -0.384. The maximum absolute atomic E-state index is 12.1. The van der Waals surface area contributed by atoms with Crippen molar-refractivity contribution in [3.05, 3.63) is 66.2 Å². The third-order valence-corrected chi connectivity index (χ3v) is 3.86. The van der Waals surface area contributed by atoms with Crippen LogP contribution in [0.3, 0.4) is 0 Å². The van der Waals surface area contributed by atoms with Crippen molar-refractivity contribution < 1.29 is 9.72 Å². The first-order valence-electron chi connectivity index (χ1n) is 5.48. The molecule has 0 unspecified atom stereocenters. The number of nitro groups is 1. The molecule has 2 rings (SSSR count). The maximum atomic E-state index is 12.1. The molecule has 0 aliphatic carbocycles. The summed E-state index contributed by atoms with van der Waals surface area (Å²) in [5, 5.41) is 13.4. The van der Waals surface area contributed by atoms with Crippen LogP contribution in [-0.2, 0) is 0 Å². The molecule has 0 spiro atoms. The van der Waals surface area contributed by atoms with E-state index >= 15 is 0 Å². The van der Waals surface area contributed by atoms with Crippen LogP contribution in [0.5, 0.6) is 0 Å². The van der Waals surface area contributed by atoms with Gasteiger partial charge in [0.15, 0.2) is 0 Å². The zero-order valence-corrected chi connectivity index (χ0v) is 13.7. The molecule has 0 saturated heterocycles. The van der Waals surface area contributed by atoms with Crippen LogP contribution >= 0.6 is 38.5 Å². The second kappa shape index (κ2) is 6.31. The van der Waals surface area contributed by atoms with Gasteiger partial charge in [-0.3, -0.25) is 14.9 Å². The van der Waals surface area contributed by atoms with Gasteiger partial charge in [-0.15, -0.1) is 0 Å². The molecule has 2 aromatic carbocycles. The molecule has 0 aliphatic heterocycles. The normalized spacial score (nSPS) is 10.1. The van der Waals surface area contributed by atoms with E-state index in [9.17, 15) is 14.9 Å². The van der Waals surface area contributed by atoms with E-state index in [0.29, 0.717) is 15.7 Å². The fraction of sp³-hybridized carbons (Fsp3) is 0. The number of nitrogens with zero attached hydrogens (tertiary/aromatic N) is 1. The average molecular weight is 447 g/mol. The highest BCUT2D eigenvalue weighted by atomic mass is 127. The summed E-state index contributed by atoms with van der Waals surface area (Å²) in [6.45, 7) is 0. The average Bonchev–Trinajstić information content (AvgIpc) is 2.41. The van der Waals surface area contributed by atoms with Gasteiger partial charge in [0.25, 0.3) is 11.6 Å². The second-order valence-electron chi connectivity index (χ2n) is 3.89. The Labute approximate surface area is 136 Å². The highest BCUT2D eigenvalue weighted by Crippen LogP contribution is 2.27. The van der Waals surface area contributed by atoms with E-state index < -0.39 is 4.92 Å². The first-order chi connectivity index (χ1) is 9.47. The smallest absolute Gasteiger partial charge is 0.271 e.